The van der Waals surface area contributed by atoms with Crippen molar-refractivity contribution < 1.29 is 32.9 Å². The van der Waals surface area contributed by atoms with Gasteiger partial charge >= 0.3 is 6.03 Å². The number of carbonyl (C=O) groups is 2. The Hall–Kier alpha value is -3.06. The number of amides is 3. The third-order valence-electron chi connectivity index (χ3n) is 5.33. The largest absolute Gasteiger partial charge is 0.454 e. The highest BCUT2D eigenvalue weighted by molar-refractivity contribution is 7.82. The fourth-order valence-corrected chi connectivity index (χ4v) is 4.49. The Balaban J connectivity index is 1.68. The number of likely N-dealkylation sites (N-methyl/N-ethyl adjacent to an activating group) is 1. The summed E-state index contributed by atoms with van der Waals surface area (Å²) >= 11 is 0. The molecule has 1 fully saturated rings. The van der Waals surface area contributed by atoms with Crippen LogP contribution in [0.5, 0.6) is 11.5 Å². The maximum atomic E-state index is 14.7. The predicted molar refractivity (Wildman–Crippen MR) is 126 cm³/mol. The molecule has 1 aliphatic rings. The molecule has 1 saturated heterocycles. The Morgan fingerprint density at radius 1 is 1.17 bits per heavy atom. The van der Waals surface area contributed by atoms with Gasteiger partial charge in [0, 0.05) is 33.2 Å². The highest BCUT2D eigenvalue weighted by Crippen LogP contribution is 2.27. The van der Waals surface area contributed by atoms with Crippen molar-refractivity contribution in [3.05, 3.63) is 53.8 Å². The lowest BCUT2D eigenvalue weighted by Gasteiger charge is -2.32. The molecule has 10 nitrogen and oxygen atoms in total. The summed E-state index contributed by atoms with van der Waals surface area (Å²) in [4.78, 5) is 27.6. The molecule has 0 bridgehead atoms. The molecule has 0 radical (unpaired) electrons. The molecular weight excluding hydrogens is 479 g/mol. The number of ether oxygens (including phenoxy) is 2. The number of nitrogens with one attached hydrogen (secondary N) is 1. The molecule has 1 unspecified atom stereocenters. The van der Waals surface area contributed by atoms with E-state index >= 15 is 0 Å². The van der Waals surface area contributed by atoms with Crippen LogP contribution in [0.3, 0.4) is 0 Å². The molecule has 1 atom stereocenters. The van der Waals surface area contributed by atoms with Crippen molar-refractivity contribution in [2.75, 3.05) is 53.0 Å². The number of hydroxylamine groups is 1. The summed E-state index contributed by atoms with van der Waals surface area (Å²) in [6.07, 6.45) is 0. The van der Waals surface area contributed by atoms with Crippen LogP contribution in [0.15, 0.2) is 47.4 Å². The second-order valence-corrected chi connectivity index (χ2v) is 9.44. The number of nitrogens with zero attached hydrogens (tertiary/aromatic N) is 3. The molecule has 3 rings (SSSR count). The second kappa shape index (κ2) is 12.6. The lowest BCUT2D eigenvalue weighted by atomic mass is 10.2. The zero-order valence-corrected chi connectivity index (χ0v) is 20.4. The number of halogens is 1. The summed E-state index contributed by atoms with van der Waals surface area (Å²) in [5.41, 5.74) is 2.54. The van der Waals surface area contributed by atoms with Crippen molar-refractivity contribution >= 4 is 22.9 Å². The first kappa shape index (κ1) is 26.5. The summed E-state index contributed by atoms with van der Waals surface area (Å²) in [5, 5.41) is 8.92. The van der Waals surface area contributed by atoms with Crippen molar-refractivity contribution in [3.8, 4) is 11.5 Å². The maximum Gasteiger partial charge on any atom is 0.319 e. The van der Waals surface area contributed by atoms with Gasteiger partial charge in [-0.3, -0.25) is 10.0 Å². The minimum Gasteiger partial charge on any atom is -0.454 e. The van der Waals surface area contributed by atoms with Gasteiger partial charge in [-0.2, -0.15) is 0 Å². The van der Waals surface area contributed by atoms with Crippen molar-refractivity contribution in [1.29, 1.82) is 0 Å². The summed E-state index contributed by atoms with van der Waals surface area (Å²) in [6, 6.07) is 10.8. The van der Waals surface area contributed by atoms with E-state index < -0.39 is 29.3 Å². The summed E-state index contributed by atoms with van der Waals surface area (Å²) in [7, 11) is -0.352. The number of hydrogen-bond donors (Lipinski definition) is 2. The molecule has 2 aromatic carbocycles. The molecule has 190 valence electrons. The van der Waals surface area contributed by atoms with Gasteiger partial charge < -0.3 is 19.3 Å². The van der Waals surface area contributed by atoms with E-state index in [-0.39, 0.29) is 29.8 Å². The zero-order valence-electron chi connectivity index (χ0n) is 19.6. The third-order valence-corrected chi connectivity index (χ3v) is 6.76. The molecule has 1 heterocycles. The summed E-state index contributed by atoms with van der Waals surface area (Å²) in [6.45, 7) is 3.56. The highest BCUT2D eigenvalue weighted by Gasteiger charge is 2.24. The van der Waals surface area contributed by atoms with Crippen LogP contribution in [-0.4, -0.2) is 88.4 Å². The fraction of sp³-hybridized carbons (Fsp3) is 0.391. The fourth-order valence-electron chi connectivity index (χ4n) is 3.32. The molecule has 35 heavy (non-hydrogen) atoms. The van der Waals surface area contributed by atoms with Crippen LogP contribution < -0.4 is 10.2 Å². The molecule has 1 aliphatic heterocycles. The first-order valence-electron chi connectivity index (χ1n) is 11.0. The first-order valence-corrected chi connectivity index (χ1v) is 12.1. The van der Waals surface area contributed by atoms with E-state index in [1.54, 1.807) is 24.1 Å². The number of benzene rings is 2. The summed E-state index contributed by atoms with van der Waals surface area (Å²) < 4.78 is 40.0. The van der Waals surface area contributed by atoms with Gasteiger partial charge in [-0.25, -0.2) is 23.2 Å². The molecule has 12 heteroatoms. The van der Waals surface area contributed by atoms with Crippen molar-refractivity contribution in [2.24, 2.45) is 0 Å². The molecule has 0 aliphatic carbocycles. The quantitative estimate of drug-likeness (QED) is 0.397. The maximum absolute atomic E-state index is 14.7. The Labute approximate surface area is 205 Å². The normalized spacial score (nSPS) is 14.5. The Kier molecular flexibility index (Phi) is 9.55. The SMILES string of the molecule is Cc1ccc(Oc2ccc(S(=O)N(CCN(C)C(=O)N3CCOCC3)CC(=O)NO)cc2F)cc1. The average Bonchev–Trinajstić information content (AvgIpc) is 2.88. The van der Waals surface area contributed by atoms with Crippen molar-refractivity contribution in [1.82, 2.24) is 19.6 Å². The van der Waals surface area contributed by atoms with Gasteiger partial charge in [-0.05, 0) is 37.3 Å². The van der Waals surface area contributed by atoms with Gasteiger partial charge in [-0.1, -0.05) is 17.7 Å². The molecule has 0 saturated carbocycles. The van der Waals surface area contributed by atoms with E-state index in [9.17, 15) is 18.2 Å². The molecule has 2 aromatic rings. The van der Waals surface area contributed by atoms with E-state index in [0.717, 1.165) is 11.6 Å². The smallest absolute Gasteiger partial charge is 0.319 e. The van der Waals surface area contributed by atoms with Crippen LogP contribution in [0.1, 0.15) is 5.56 Å². The standard InChI is InChI=1S/C23H29FN4O6S/c1-17-3-5-18(6-4-17)34-21-8-7-19(15-20(21)24)35(32)28(16-22(29)25-31)10-9-26(2)23(30)27-11-13-33-14-12-27/h3-8,15,31H,9-14,16H2,1-2H3,(H,25,29). The van der Waals surface area contributed by atoms with Crippen molar-refractivity contribution in [2.45, 2.75) is 11.8 Å². The zero-order chi connectivity index (χ0) is 25.4. The van der Waals surface area contributed by atoms with Gasteiger partial charge in [0.25, 0.3) is 5.91 Å². The summed E-state index contributed by atoms with van der Waals surface area (Å²) in [5.74, 6) is -1.09. The lowest BCUT2D eigenvalue weighted by Crippen LogP contribution is -2.49. The topological polar surface area (TPSA) is 112 Å². The van der Waals surface area contributed by atoms with E-state index in [0.29, 0.717) is 32.1 Å². The number of morpholine rings is 1. The van der Waals surface area contributed by atoms with E-state index in [1.165, 1.54) is 26.8 Å². The van der Waals surface area contributed by atoms with E-state index in [2.05, 4.69) is 0 Å². The minimum atomic E-state index is -1.95. The number of hydrogen-bond acceptors (Lipinski definition) is 6. The molecule has 0 spiro atoms. The first-order chi connectivity index (χ1) is 16.8. The van der Waals surface area contributed by atoms with E-state index in [4.69, 9.17) is 14.7 Å². The number of carbonyl (C=O) groups excluding carboxylic acids is 2. The van der Waals surface area contributed by atoms with E-state index in [1.807, 2.05) is 19.1 Å². The third kappa shape index (κ3) is 7.46. The molecule has 2 N–H and O–H groups in total. The van der Waals surface area contributed by atoms with Crippen LogP contribution in [0, 0.1) is 12.7 Å². The second-order valence-electron chi connectivity index (χ2n) is 7.96. The lowest BCUT2D eigenvalue weighted by molar-refractivity contribution is -0.129. The molecule has 0 aromatic heterocycles. The van der Waals surface area contributed by atoms with Crippen LogP contribution in [0.2, 0.25) is 0 Å². The minimum absolute atomic E-state index is 0.0369. The number of aryl methyl sites for hydroxylation is 1. The van der Waals surface area contributed by atoms with Gasteiger partial charge in [0.1, 0.15) is 16.7 Å². The average molecular weight is 509 g/mol. The molecule has 3 amide bonds. The number of rotatable bonds is 9. The predicted octanol–water partition coefficient (Wildman–Crippen LogP) is 2.14. The Morgan fingerprint density at radius 2 is 1.86 bits per heavy atom. The van der Waals surface area contributed by atoms with Crippen LogP contribution in [0.25, 0.3) is 0 Å². The Bertz CT molecular complexity index is 1050. The van der Waals surface area contributed by atoms with Crippen LogP contribution >= 0.6 is 0 Å². The van der Waals surface area contributed by atoms with Gasteiger partial charge in [0.2, 0.25) is 0 Å². The highest BCUT2D eigenvalue weighted by atomic mass is 32.2. The Morgan fingerprint density at radius 3 is 2.49 bits per heavy atom. The number of urea groups is 1. The van der Waals surface area contributed by atoms with Gasteiger partial charge in [-0.15, -0.1) is 0 Å². The van der Waals surface area contributed by atoms with Gasteiger partial charge in [0.05, 0.1) is 24.7 Å². The van der Waals surface area contributed by atoms with Crippen molar-refractivity contribution in [3.63, 3.8) is 0 Å². The van der Waals surface area contributed by atoms with Crippen LogP contribution in [0.4, 0.5) is 9.18 Å². The monoisotopic (exact) mass is 508 g/mol. The molecular formula is C23H29FN4O6S. The van der Waals surface area contributed by atoms with Gasteiger partial charge in [0.15, 0.2) is 11.6 Å². The van der Waals surface area contributed by atoms with Crippen LogP contribution in [-0.2, 0) is 20.5 Å².